The summed E-state index contributed by atoms with van der Waals surface area (Å²) in [5, 5.41) is 0. The molecule has 2 atom stereocenters. The summed E-state index contributed by atoms with van der Waals surface area (Å²) in [6, 6.07) is 6.30. The van der Waals surface area contributed by atoms with Crippen LogP contribution in [0.5, 0.6) is 0 Å². The molecule has 1 nitrogen and oxygen atoms in total. The molecule has 0 radical (unpaired) electrons. The van der Waals surface area contributed by atoms with Gasteiger partial charge in [-0.05, 0) is 36.0 Å². The molecule has 0 saturated carbocycles. The number of ether oxygens (including phenoxy) is 1. The van der Waals surface area contributed by atoms with Crippen molar-refractivity contribution in [2.45, 2.75) is 37.7 Å². The molecule has 0 spiro atoms. The van der Waals surface area contributed by atoms with Crippen LogP contribution in [0.1, 0.15) is 37.0 Å². The molecule has 1 saturated heterocycles. The van der Waals surface area contributed by atoms with Gasteiger partial charge in [0.2, 0.25) is 0 Å². The van der Waals surface area contributed by atoms with Gasteiger partial charge in [0.1, 0.15) is 0 Å². The van der Waals surface area contributed by atoms with Crippen molar-refractivity contribution in [2.75, 3.05) is 6.61 Å². The quantitative estimate of drug-likeness (QED) is 0.661. The lowest BCUT2D eigenvalue weighted by Gasteiger charge is -2.29. The Morgan fingerprint density at radius 3 is 2.35 bits per heavy atom. The van der Waals surface area contributed by atoms with Gasteiger partial charge < -0.3 is 4.74 Å². The average Bonchev–Trinajstić information content (AvgIpc) is 2.51. The Bertz CT molecular complexity index is 623. The SMILES string of the molecule is CC1CCC(c2ccc(C3=CC=CC(F)(F)C3(F)F)cc2)OC1. The third-order valence-electron chi connectivity index (χ3n) is 4.42. The maximum absolute atomic E-state index is 13.9. The van der Waals surface area contributed by atoms with E-state index in [0.717, 1.165) is 30.6 Å². The highest BCUT2D eigenvalue weighted by molar-refractivity contribution is 5.75. The van der Waals surface area contributed by atoms with Crippen molar-refractivity contribution in [1.82, 2.24) is 0 Å². The maximum atomic E-state index is 13.9. The summed E-state index contributed by atoms with van der Waals surface area (Å²) in [6.07, 6.45) is 4.13. The van der Waals surface area contributed by atoms with Crippen molar-refractivity contribution >= 4 is 5.57 Å². The van der Waals surface area contributed by atoms with Crippen LogP contribution in [0.2, 0.25) is 0 Å². The molecule has 0 bridgehead atoms. The van der Waals surface area contributed by atoms with Crippen molar-refractivity contribution in [1.29, 1.82) is 0 Å². The number of halogens is 4. The van der Waals surface area contributed by atoms with Gasteiger partial charge in [-0.15, -0.1) is 0 Å². The summed E-state index contributed by atoms with van der Waals surface area (Å²) >= 11 is 0. The first-order valence-electron chi connectivity index (χ1n) is 7.69. The first kappa shape index (κ1) is 16.2. The zero-order valence-electron chi connectivity index (χ0n) is 12.7. The van der Waals surface area contributed by atoms with Gasteiger partial charge in [-0.1, -0.05) is 43.3 Å². The Balaban J connectivity index is 1.83. The van der Waals surface area contributed by atoms with E-state index in [9.17, 15) is 17.6 Å². The summed E-state index contributed by atoms with van der Waals surface area (Å²) in [4.78, 5) is 0. The minimum absolute atomic E-state index is 0.0533. The van der Waals surface area contributed by atoms with Crippen LogP contribution in [-0.2, 0) is 4.74 Å². The van der Waals surface area contributed by atoms with E-state index in [1.165, 1.54) is 12.1 Å². The van der Waals surface area contributed by atoms with Gasteiger partial charge in [0.25, 0.3) is 0 Å². The minimum Gasteiger partial charge on any atom is -0.373 e. The van der Waals surface area contributed by atoms with Gasteiger partial charge >= 0.3 is 11.8 Å². The van der Waals surface area contributed by atoms with E-state index >= 15 is 0 Å². The fourth-order valence-electron chi connectivity index (χ4n) is 2.95. The molecule has 0 aromatic heterocycles. The monoisotopic (exact) mass is 326 g/mol. The summed E-state index contributed by atoms with van der Waals surface area (Å²) in [5.74, 6) is -7.86. The van der Waals surface area contributed by atoms with Crippen molar-refractivity contribution in [2.24, 2.45) is 5.92 Å². The molecule has 23 heavy (non-hydrogen) atoms. The number of allylic oxidation sites excluding steroid dienone is 4. The number of hydrogen-bond donors (Lipinski definition) is 0. The molecule has 0 N–H and O–H groups in total. The van der Waals surface area contributed by atoms with Crippen LogP contribution in [0.25, 0.3) is 5.57 Å². The lowest BCUT2D eigenvalue weighted by atomic mass is 9.89. The van der Waals surface area contributed by atoms with E-state index in [2.05, 4.69) is 6.92 Å². The molecular weight excluding hydrogens is 308 g/mol. The molecule has 1 aliphatic heterocycles. The molecule has 1 aromatic rings. The van der Waals surface area contributed by atoms with Crippen molar-refractivity contribution in [3.63, 3.8) is 0 Å². The highest BCUT2D eigenvalue weighted by atomic mass is 19.3. The summed E-state index contributed by atoms with van der Waals surface area (Å²) in [6.45, 7) is 2.79. The van der Waals surface area contributed by atoms with Crippen LogP contribution in [0.3, 0.4) is 0 Å². The number of benzene rings is 1. The van der Waals surface area contributed by atoms with E-state index in [1.54, 1.807) is 12.1 Å². The largest absolute Gasteiger partial charge is 0.373 e. The predicted molar refractivity (Wildman–Crippen MR) is 80.5 cm³/mol. The third kappa shape index (κ3) is 2.94. The minimum atomic E-state index is -4.21. The van der Waals surface area contributed by atoms with Crippen LogP contribution in [-0.4, -0.2) is 18.5 Å². The lowest BCUT2D eigenvalue weighted by Crippen LogP contribution is -2.41. The number of rotatable bonds is 2. The van der Waals surface area contributed by atoms with Crippen LogP contribution in [0, 0.1) is 5.92 Å². The normalized spacial score (nSPS) is 29.2. The zero-order chi connectivity index (χ0) is 16.7. The highest BCUT2D eigenvalue weighted by Gasteiger charge is 2.58. The summed E-state index contributed by atoms with van der Waals surface area (Å²) in [7, 11) is 0. The van der Waals surface area contributed by atoms with E-state index in [4.69, 9.17) is 4.74 Å². The molecule has 2 unspecified atom stereocenters. The smallest absolute Gasteiger partial charge is 0.339 e. The molecule has 1 heterocycles. The fraction of sp³-hybridized carbons (Fsp3) is 0.444. The molecule has 1 aliphatic carbocycles. The van der Waals surface area contributed by atoms with E-state index in [-0.39, 0.29) is 17.7 Å². The topological polar surface area (TPSA) is 9.23 Å². The first-order chi connectivity index (χ1) is 10.8. The fourth-order valence-corrected chi connectivity index (χ4v) is 2.95. The molecule has 0 amide bonds. The van der Waals surface area contributed by atoms with Gasteiger partial charge in [0, 0.05) is 12.2 Å². The molecular formula is C18H18F4O. The second-order valence-corrected chi connectivity index (χ2v) is 6.26. The Labute approximate surface area is 132 Å². The first-order valence-corrected chi connectivity index (χ1v) is 7.69. The Morgan fingerprint density at radius 1 is 1.04 bits per heavy atom. The molecule has 124 valence electrons. The lowest BCUT2D eigenvalue weighted by molar-refractivity contribution is -0.140. The summed E-state index contributed by atoms with van der Waals surface area (Å²) in [5.41, 5.74) is 0.337. The molecule has 3 rings (SSSR count). The Hall–Kier alpha value is -1.62. The van der Waals surface area contributed by atoms with Crippen molar-refractivity contribution < 1.29 is 22.3 Å². The van der Waals surface area contributed by atoms with Crippen LogP contribution < -0.4 is 0 Å². The standard InChI is InChI=1S/C18H18F4O/c1-12-4-9-16(23-11-12)14-7-5-13(6-8-14)15-3-2-10-17(19,20)18(15,21)22/h2-3,5-8,10,12,16H,4,9,11H2,1H3. The molecule has 1 aromatic carbocycles. The second kappa shape index (κ2) is 5.78. The van der Waals surface area contributed by atoms with E-state index in [1.807, 2.05) is 0 Å². The second-order valence-electron chi connectivity index (χ2n) is 6.26. The Kier molecular flexibility index (Phi) is 4.08. The van der Waals surface area contributed by atoms with Crippen LogP contribution >= 0.6 is 0 Å². The highest BCUT2D eigenvalue weighted by Crippen LogP contribution is 2.47. The molecule has 1 fully saturated rings. The van der Waals surface area contributed by atoms with E-state index < -0.39 is 17.4 Å². The van der Waals surface area contributed by atoms with Gasteiger partial charge in [0.15, 0.2) is 0 Å². The molecule has 2 aliphatic rings. The Morgan fingerprint density at radius 2 is 1.74 bits per heavy atom. The zero-order valence-corrected chi connectivity index (χ0v) is 12.7. The van der Waals surface area contributed by atoms with Crippen molar-refractivity contribution in [3.05, 3.63) is 53.6 Å². The molecule has 5 heteroatoms. The summed E-state index contributed by atoms with van der Waals surface area (Å²) < 4.78 is 60.5. The van der Waals surface area contributed by atoms with Crippen LogP contribution in [0.15, 0.2) is 42.5 Å². The van der Waals surface area contributed by atoms with Gasteiger partial charge in [-0.3, -0.25) is 0 Å². The van der Waals surface area contributed by atoms with Crippen molar-refractivity contribution in [3.8, 4) is 0 Å². The van der Waals surface area contributed by atoms with Gasteiger partial charge in [-0.25, -0.2) is 0 Å². The van der Waals surface area contributed by atoms with Crippen LogP contribution in [0.4, 0.5) is 17.6 Å². The average molecular weight is 326 g/mol. The predicted octanol–water partition coefficient (Wildman–Crippen LogP) is 5.40. The number of hydrogen-bond acceptors (Lipinski definition) is 1. The van der Waals surface area contributed by atoms with Gasteiger partial charge in [0.05, 0.1) is 6.10 Å². The van der Waals surface area contributed by atoms with E-state index in [0.29, 0.717) is 12.5 Å². The maximum Gasteiger partial charge on any atom is 0.339 e. The third-order valence-corrected chi connectivity index (χ3v) is 4.42. The number of alkyl halides is 4. The van der Waals surface area contributed by atoms with Gasteiger partial charge in [-0.2, -0.15) is 17.6 Å².